The average molecular weight is 240 g/mol. The Hall–Kier alpha value is -0.610. The van der Waals surface area contributed by atoms with Crippen LogP contribution in [0.3, 0.4) is 0 Å². The zero-order valence-electron chi connectivity index (χ0n) is 10.7. The zero-order valence-corrected chi connectivity index (χ0v) is 10.7. The topological polar surface area (TPSA) is 55.6 Å². The minimum Gasteiger partial charge on any atom is -0.381 e. The first kappa shape index (κ1) is 12.8. The molecule has 1 aliphatic heterocycles. The highest BCUT2D eigenvalue weighted by Gasteiger charge is 2.30. The van der Waals surface area contributed by atoms with Gasteiger partial charge in [-0.2, -0.15) is 0 Å². The highest BCUT2D eigenvalue weighted by molar-refractivity contribution is 5.76. The molecule has 4 heteroatoms. The summed E-state index contributed by atoms with van der Waals surface area (Å²) in [7, 11) is 1.89. The molecule has 1 amide bonds. The summed E-state index contributed by atoms with van der Waals surface area (Å²) in [4.78, 5) is 13.8. The fourth-order valence-electron chi connectivity index (χ4n) is 2.49. The molecule has 1 saturated carbocycles. The van der Waals surface area contributed by atoms with E-state index in [-0.39, 0.29) is 11.9 Å². The summed E-state index contributed by atoms with van der Waals surface area (Å²) in [6, 6.07) is 0.0764. The number of hydrogen-bond acceptors (Lipinski definition) is 3. The third-order valence-corrected chi connectivity index (χ3v) is 3.85. The van der Waals surface area contributed by atoms with Gasteiger partial charge < -0.3 is 15.4 Å². The second kappa shape index (κ2) is 5.83. The number of nitrogens with zero attached hydrogens (tertiary/aromatic N) is 1. The quantitative estimate of drug-likeness (QED) is 0.780. The Kier molecular flexibility index (Phi) is 4.40. The zero-order chi connectivity index (χ0) is 12.3. The maximum Gasteiger partial charge on any atom is 0.223 e. The molecule has 2 aliphatic rings. The Balaban J connectivity index is 1.69. The van der Waals surface area contributed by atoms with Crippen LogP contribution in [0.25, 0.3) is 0 Å². The van der Waals surface area contributed by atoms with Crippen molar-refractivity contribution in [1.82, 2.24) is 4.90 Å². The Labute approximate surface area is 103 Å². The van der Waals surface area contributed by atoms with Crippen molar-refractivity contribution in [1.29, 1.82) is 0 Å². The van der Waals surface area contributed by atoms with Gasteiger partial charge in [-0.15, -0.1) is 0 Å². The lowest BCUT2D eigenvalue weighted by atomic mass is 10.0. The van der Waals surface area contributed by atoms with Crippen molar-refractivity contribution in [3.63, 3.8) is 0 Å². The molecule has 0 bridgehead atoms. The summed E-state index contributed by atoms with van der Waals surface area (Å²) in [6.45, 7) is 2.49. The molecule has 0 aromatic carbocycles. The first-order valence-electron chi connectivity index (χ1n) is 6.74. The molecule has 2 atom stereocenters. The van der Waals surface area contributed by atoms with Crippen molar-refractivity contribution in [3.05, 3.63) is 0 Å². The molecule has 1 saturated heterocycles. The number of amides is 1. The van der Waals surface area contributed by atoms with Gasteiger partial charge in [0.2, 0.25) is 5.91 Å². The van der Waals surface area contributed by atoms with Gasteiger partial charge in [0, 0.05) is 32.7 Å². The summed E-state index contributed by atoms with van der Waals surface area (Å²) in [5.41, 5.74) is 5.98. The van der Waals surface area contributed by atoms with E-state index in [2.05, 4.69) is 0 Å². The first-order valence-corrected chi connectivity index (χ1v) is 6.74. The van der Waals surface area contributed by atoms with Crippen LogP contribution in [0.2, 0.25) is 0 Å². The van der Waals surface area contributed by atoms with Crippen molar-refractivity contribution in [2.75, 3.05) is 26.8 Å². The second-order valence-corrected chi connectivity index (χ2v) is 5.56. The van der Waals surface area contributed by atoms with E-state index in [1.807, 2.05) is 11.9 Å². The van der Waals surface area contributed by atoms with Gasteiger partial charge in [0.15, 0.2) is 0 Å². The van der Waals surface area contributed by atoms with E-state index in [0.29, 0.717) is 18.3 Å². The molecule has 17 heavy (non-hydrogen) atoms. The van der Waals surface area contributed by atoms with Crippen LogP contribution >= 0.6 is 0 Å². The normalized spacial score (nSPS) is 26.6. The van der Waals surface area contributed by atoms with Gasteiger partial charge in [-0.1, -0.05) is 0 Å². The molecule has 1 heterocycles. The predicted molar refractivity (Wildman–Crippen MR) is 66.5 cm³/mol. The van der Waals surface area contributed by atoms with Crippen LogP contribution in [0.4, 0.5) is 0 Å². The molecule has 2 fully saturated rings. The van der Waals surface area contributed by atoms with E-state index in [0.717, 1.165) is 26.2 Å². The molecule has 2 rings (SSSR count). The maximum absolute atomic E-state index is 12.0. The van der Waals surface area contributed by atoms with Crippen molar-refractivity contribution in [3.8, 4) is 0 Å². The molecule has 0 aromatic heterocycles. The first-order chi connectivity index (χ1) is 8.16. The van der Waals surface area contributed by atoms with E-state index in [1.54, 1.807) is 0 Å². The number of carbonyl (C=O) groups excluding carboxylic acids is 1. The molecule has 0 spiro atoms. The van der Waals surface area contributed by atoms with Crippen LogP contribution in [0.5, 0.6) is 0 Å². The Bertz CT molecular complexity index is 260. The summed E-state index contributed by atoms with van der Waals surface area (Å²) < 4.78 is 5.43. The standard InChI is InChI=1S/C13H24N2O2/c1-15(8-10-3-2-6-17-9-10)13(16)7-12(14)11-4-5-11/h10-12H,2-9,14H2,1H3. The van der Waals surface area contributed by atoms with Gasteiger partial charge >= 0.3 is 0 Å². The van der Waals surface area contributed by atoms with Gasteiger partial charge in [0.25, 0.3) is 0 Å². The van der Waals surface area contributed by atoms with Crippen LogP contribution in [0, 0.1) is 11.8 Å². The molecular formula is C13H24N2O2. The van der Waals surface area contributed by atoms with Gasteiger partial charge in [-0.3, -0.25) is 4.79 Å². The summed E-state index contributed by atoms with van der Waals surface area (Å²) in [5.74, 6) is 1.30. The molecular weight excluding hydrogens is 216 g/mol. The van der Waals surface area contributed by atoms with Crippen LogP contribution in [0.15, 0.2) is 0 Å². The van der Waals surface area contributed by atoms with E-state index < -0.39 is 0 Å². The number of nitrogens with two attached hydrogens (primary N) is 1. The smallest absolute Gasteiger partial charge is 0.223 e. The van der Waals surface area contributed by atoms with Crippen LogP contribution in [-0.2, 0) is 9.53 Å². The van der Waals surface area contributed by atoms with Crippen LogP contribution in [0.1, 0.15) is 32.1 Å². The fraction of sp³-hybridized carbons (Fsp3) is 0.923. The van der Waals surface area contributed by atoms with Gasteiger partial charge in [-0.25, -0.2) is 0 Å². The summed E-state index contributed by atoms with van der Waals surface area (Å²) in [5, 5.41) is 0. The van der Waals surface area contributed by atoms with Crippen molar-refractivity contribution >= 4 is 5.91 Å². The van der Waals surface area contributed by atoms with Gasteiger partial charge in [-0.05, 0) is 37.5 Å². The van der Waals surface area contributed by atoms with Crippen molar-refractivity contribution < 1.29 is 9.53 Å². The highest BCUT2D eigenvalue weighted by atomic mass is 16.5. The van der Waals surface area contributed by atoms with E-state index >= 15 is 0 Å². The minimum atomic E-state index is 0.0764. The third-order valence-electron chi connectivity index (χ3n) is 3.85. The second-order valence-electron chi connectivity index (χ2n) is 5.56. The predicted octanol–water partition coefficient (Wildman–Crippen LogP) is 0.999. The minimum absolute atomic E-state index is 0.0764. The number of rotatable bonds is 5. The Morgan fingerprint density at radius 2 is 2.24 bits per heavy atom. The van der Waals surface area contributed by atoms with Crippen LogP contribution in [-0.4, -0.2) is 43.7 Å². The molecule has 1 aliphatic carbocycles. The lowest BCUT2D eigenvalue weighted by Crippen LogP contribution is -2.38. The SMILES string of the molecule is CN(CC1CCCOC1)C(=O)CC(N)C1CC1. The third kappa shape index (κ3) is 3.96. The molecule has 2 unspecified atom stereocenters. The van der Waals surface area contributed by atoms with E-state index in [9.17, 15) is 4.79 Å². The molecule has 2 N–H and O–H groups in total. The van der Waals surface area contributed by atoms with Gasteiger partial charge in [0.1, 0.15) is 0 Å². The number of carbonyl (C=O) groups is 1. The van der Waals surface area contributed by atoms with E-state index in [4.69, 9.17) is 10.5 Å². The Morgan fingerprint density at radius 3 is 2.82 bits per heavy atom. The highest BCUT2D eigenvalue weighted by Crippen LogP contribution is 2.33. The fourth-order valence-corrected chi connectivity index (χ4v) is 2.49. The average Bonchev–Trinajstić information content (AvgIpc) is 3.14. The monoisotopic (exact) mass is 240 g/mol. The molecule has 4 nitrogen and oxygen atoms in total. The number of hydrogen-bond donors (Lipinski definition) is 1. The van der Waals surface area contributed by atoms with Crippen molar-refractivity contribution in [2.45, 2.75) is 38.1 Å². The molecule has 0 aromatic rings. The lowest BCUT2D eigenvalue weighted by Gasteiger charge is -2.27. The lowest BCUT2D eigenvalue weighted by molar-refractivity contribution is -0.131. The molecule has 0 radical (unpaired) electrons. The van der Waals surface area contributed by atoms with Crippen LogP contribution < -0.4 is 5.73 Å². The van der Waals surface area contributed by atoms with Gasteiger partial charge in [0.05, 0.1) is 6.61 Å². The van der Waals surface area contributed by atoms with Crippen molar-refractivity contribution in [2.24, 2.45) is 17.6 Å². The summed E-state index contributed by atoms with van der Waals surface area (Å²) in [6.07, 6.45) is 5.21. The number of ether oxygens (including phenoxy) is 1. The largest absolute Gasteiger partial charge is 0.381 e. The Morgan fingerprint density at radius 1 is 1.47 bits per heavy atom. The molecule has 98 valence electrons. The van der Waals surface area contributed by atoms with E-state index in [1.165, 1.54) is 19.3 Å². The maximum atomic E-state index is 12.0. The summed E-state index contributed by atoms with van der Waals surface area (Å²) >= 11 is 0.